The second-order valence-corrected chi connectivity index (χ2v) is 12.3. The van der Waals surface area contributed by atoms with E-state index in [0.717, 1.165) is 55.6 Å². The molecular formula is C33H38N4O4. The average Bonchev–Trinajstić information content (AvgIpc) is 3.48. The number of nitrogens with zero attached hydrogens (tertiary/aromatic N) is 3. The largest absolute Gasteiger partial charge is 0.496 e. The number of rotatable bonds is 6. The lowest BCUT2D eigenvalue weighted by Crippen LogP contribution is -2.48. The van der Waals surface area contributed by atoms with Crippen molar-refractivity contribution in [1.29, 1.82) is 5.26 Å². The van der Waals surface area contributed by atoms with Gasteiger partial charge in [-0.25, -0.2) is 0 Å². The van der Waals surface area contributed by atoms with E-state index in [1.807, 2.05) is 18.3 Å². The van der Waals surface area contributed by atoms with Crippen LogP contribution in [0.15, 0.2) is 42.6 Å². The molecule has 3 heterocycles. The lowest BCUT2D eigenvalue weighted by Gasteiger charge is -2.53. The highest BCUT2D eigenvalue weighted by atomic mass is 16.5. The maximum Gasteiger partial charge on any atom is 0.306 e. The van der Waals surface area contributed by atoms with Gasteiger partial charge in [0.25, 0.3) is 5.91 Å². The summed E-state index contributed by atoms with van der Waals surface area (Å²) < 4.78 is 5.86. The van der Waals surface area contributed by atoms with Crippen molar-refractivity contribution in [2.45, 2.75) is 58.0 Å². The lowest BCUT2D eigenvalue weighted by molar-refractivity contribution is -0.143. The van der Waals surface area contributed by atoms with E-state index in [2.05, 4.69) is 47.1 Å². The summed E-state index contributed by atoms with van der Waals surface area (Å²) in [6.07, 6.45) is 6.98. The van der Waals surface area contributed by atoms with Gasteiger partial charge in [0.2, 0.25) is 0 Å². The summed E-state index contributed by atoms with van der Waals surface area (Å²) in [5, 5.41) is 19.9. The van der Waals surface area contributed by atoms with Crippen LogP contribution < -0.4 is 4.74 Å². The summed E-state index contributed by atoms with van der Waals surface area (Å²) in [6, 6.07) is 14.9. The number of nitriles is 1. The van der Waals surface area contributed by atoms with Gasteiger partial charge in [-0.05, 0) is 92.8 Å². The zero-order chi connectivity index (χ0) is 28.7. The smallest absolute Gasteiger partial charge is 0.306 e. The number of aromatic amines is 1. The maximum absolute atomic E-state index is 13.2. The van der Waals surface area contributed by atoms with Gasteiger partial charge in [-0.15, -0.1) is 0 Å². The standard InChI is InChI=1S/C33H38N4O4/c1-21-15-29(41-2)27(26-7-11-35-30(21)26)20-37-14-10-33(16-22(17-33)19-34)18-28(37)23-3-5-24(6-4-23)31(38)36-12-8-25(9-13-36)32(39)40/h3-7,11,15,22,25,28,35H,8-10,12-14,16-18,20H2,1-2H3,(H,39,40)/t22?,28-,33?/m0/s1. The highest BCUT2D eigenvalue weighted by Gasteiger charge is 2.49. The average molecular weight is 555 g/mol. The van der Waals surface area contributed by atoms with Gasteiger partial charge in [-0.2, -0.15) is 5.26 Å². The quantitative estimate of drug-likeness (QED) is 0.406. The van der Waals surface area contributed by atoms with E-state index in [1.165, 1.54) is 16.5 Å². The van der Waals surface area contributed by atoms with Crippen LogP contribution in [0.4, 0.5) is 0 Å². The Labute approximate surface area is 240 Å². The Morgan fingerprint density at radius 3 is 2.51 bits per heavy atom. The fraction of sp³-hybridized carbons (Fsp3) is 0.485. The molecule has 1 saturated carbocycles. The van der Waals surface area contributed by atoms with Crippen LogP contribution >= 0.6 is 0 Å². The Morgan fingerprint density at radius 2 is 1.85 bits per heavy atom. The van der Waals surface area contributed by atoms with Gasteiger partial charge in [-0.1, -0.05) is 12.1 Å². The summed E-state index contributed by atoms with van der Waals surface area (Å²) in [5.41, 5.74) is 5.49. The first-order valence-corrected chi connectivity index (χ1v) is 14.7. The van der Waals surface area contributed by atoms with Gasteiger partial charge in [-0.3, -0.25) is 14.5 Å². The van der Waals surface area contributed by atoms with E-state index < -0.39 is 5.97 Å². The predicted octanol–water partition coefficient (Wildman–Crippen LogP) is 5.68. The molecule has 214 valence electrons. The first-order valence-electron chi connectivity index (χ1n) is 14.7. The zero-order valence-electron chi connectivity index (χ0n) is 23.9. The van der Waals surface area contributed by atoms with E-state index >= 15 is 0 Å². The van der Waals surface area contributed by atoms with E-state index in [1.54, 1.807) is 12.0 Å². The topological polar surface area (TPSA) is 110 Å². The molecule has 1 amide bonds. The number of aryl methyl sites for hydroxylation is 1. The molecule has 2 aromatic carbocycles. The Bertz CT molecular complexity index is 1490. The first kappa shape index (κ1) is 27.3. The predicted molar refractivity (Wildman–Crippen MR) is 155 cm³/mol. The van der Waals surface area contributed by atoms with E-state index in [-0.39, 0.29) is 29.2 Å². The molecule has 2 aliphatic heterocycles. The van der Waals surface area contributed by atoms with Gasteiger partial charge in [0.05, 0.1) is 19.1 Å². The zero-order valence-corrected chi connectivity index (χ0v) is 23.9. The fourth-order valence-electron chi connectivity index (χ4n) is 7.49. The van der Waals surface area contributed by atoms with E-state index in [0.29, 0.717) is 31.5 Å². The molecule has 3 aromatic rings. The minimum absolute atomic E-state index is 0.0348. The third-order valence-corrected chi connectivity index (χ3v) is 9.90. The van der Waals surface area contributed by atoms with Crippen LogP contribution in [0.3, 0.4) is 0 Å². The number of methoxy groups -OCH3 is 1. The molecular weight excluding hydrogens is 516 g/mol. The summed E-state index contributed by atoms with van der Waals surface area (Å²) >= 11 is 0. The number of benzene rings is 2. The second-order valence-electron chi connectivity index (χ2n) is 12.3. The van der Waals surface area contributed by atoms with Crippen LogP contribution in [0, 0.1) is 35.5 Å². The van der Waals surface area contributed by atoms with Crippen molar-refractivity contribution < 1.29 is 19.4 Å². The van der Waals surface area contributed by atoms with Crippen molar-refractivity contribution >= 4 is 22.8 Å². The number of carboxylic acids is 1. The monoisotopic (exact) mass is 554 g/mol. The SMILES string of the molecule is COc1cc(C)c2[nH]ccc2c1CN1CCC2(CC(C#N)C2)C[C@H]1c1ccc(C(=O)N2CCC(C(=O)O)CC2)cc1. The summed E-state index contributed by atoms with van der Waals surface area (Å²) in [6.45, 7) is 4.73. The highest BCUT2D eigenvalue weighted by Crippen LogP contribution is 2.57. The molecule has 0 radical (unpaired) electrons. The number of H-pyrrole nitrogens is 1. The van der Waals surface area contributed by atoms with Gasteiger partial charge < -0.3 is 19.7 Å². The molecule has 41 heavy (non-hydrogen) atoms. The van der Waals surface area contributed by atoms with Crippen molar-refractivity contribution in [3.05, 3.63) is 64.8 Å². The third-order valence-electron chi connectivity index (χ3n) is 9.90. The van der Waals surface area contributed by atoms with Gasteiger partial charge in [0.15, 0.2) is 0 Å². The van der Waals surface area contributed by atoms with Crippen LogP contribution in [-0.4, -0.2) is 58.5 Å². The van der Waals surface area contributed by atoms with Crippen molar-refractivity contribution in [3.8, 4) is 11.8 Å². The molecule has 2 saturated heterocycles. The maximum atomic E-state index is 13.2. The second kappa shape index (κ2) is 10.9. The fourth-order valence-corrected chi connectivity index (χ4v) is 7.49. The van der Waals surface area contributed by atoms with Crippen LogP contribution in [0.5, 0.6) is 5.75 Å². The number of amides is 1. The third kappa shape index (κ3) is 5.08. The number of ether oxygens (including phenoxy) is 1. The molecule has 8 nitrogen and oxygen atoms in total. The number of carboxylic acid groups (broad SMARTS) is 1. The van der Waals surface area contributed by atoms with E-state index in [9.17, 15) is 20.0 Å². The highest BCUT2D eigenvalue weighted by molar-refractivity contribution is 5.94. The molecule has 1 aliphatic carbocycles. The summed E-state index contributed by atoms with van der Waals surface area (Å²) in [4.78, 5) is 32.2. The number of carbonyl (C=O) groups is 2. The molecule has 1 aromatic heterocycles. The number of aliphatic carboxylic acids is 1. The van der Waals surface area contributed by atoms with Gasteiger partial charge in [0.1, 0.15) is 5.75 Å². The number of likely N-dealkylation sites (tertiary alicyclic amines) is 2. The molecule has 0 unspecified atom stereocenters. The number of aromatic nitrogens is 1. The first-order chi connectivity index (χ1) is 19.8. The molecule has 3 fully saturated rings. The molecule has 8 heteroatoms. The Morgan fingerprint density at radius 1 is 1.12 bits per heavy atom. The number of hydrogen-bond donors (Lipinski definition) is 2. The number of hydrogen-bond acceptors (Lipinski definition) is 5. The lowest BCUT2D eigenvalue weighted by atomic mass is 9.56. The van der Waals surface area contributed by atoms with Crippen molar-refractivity contribution in [1.82, 2.24) is 14.8 Å². The number of nitrogens with one attached hydrogen (secondary N) is 1. The molecule has 1 atom stereocenters. The van der Waals surface area contributed by atoms with Crippen LogP contribution in [0.1, 0.15) is 71.6 Å². The molecule has 6 rings (SSSR count). The Balaban J connectivity index is 1.25. The molecule has 0 bridgehead atoms. The van der Waals surface area contributed by atoms with Gasteiger partial charge in [0, 0.05) is 59.8 Å². The molecule has 3 aliphatic rings. The van der Waals surface area contributed by atoms with Crippen molar-refractivity contribution in [2.75, 3.05) is 26.7 Å². The van der Waals surface area contributed by atoms with Crippen molar-refractivity contribution in [2.24, 2.45) is 17.3 Å². The normalized spacial score (nSPS) is 25.1. The minimum atomic E-state index is -0.774. The number of piperidine rings is 2. The number of carbonyl (C=O) groups excluding carboxylic acids is 1. The molecule has 1 spiro atoms. The Hall–Kier alpha value is -3.83. The van der Waals surface area contributed by atoms with Crippen LogP contribution in [0.25, 0.3) is 10.9 Å². The number of fused-ring (bicyclic) bond motifs is 1. The van der Waals surface area contributed by atoms with Gasteiger partial charge >= 0.3 is 5.97 Å². The summed E-state index contributed by atoms with van der Waals surface area (Å²) in [7, 11) is 1.73. The Kier molecular flexibility index (Phi) is 7.25. The molecule has 2 N–H and O–H groups in total. The van der Waals surface area contributed by atoms with Crippen molar-refractivity contribution in [3.63, 3.8) is 0 Å². The van der Waals surface area contributed by atoms with Crippen LogP contribution in [0.2, 0.25) is 0 Å². The summed E-state index contributed by atoms with van der Waals surface area (Å²) in [5.74, 6) is -0.117. The minimum Gasteiger partial charge on any atom is -0.496 e. The van der Waals surface area contributed by atoms with Crippen LogP contribution in [-0.2, 0) is 11.3 Å². The van der Waals surface area contributed by atoms with E-state index in [4.69, 9.17) is 4.74 Å².